The Labute approximate surface area is 121 Å². The standard InChI is InChI=1S/C14H18FN5O/c15-10-7-11(16-8-10)9-17-14(21)5-6-20-13-4-2-1-3-12(13)18-19-20/h1-4,10-11,16H,5-9H2,(H,17,21)/t10-,11-/m0/s1. The van der Waals surface area contributed by atoms with Crippen LogP contribution in [0.15, 0.2) is 24.3 Å². The quantitative estimate of drug-likeness (QED) is 0.848. The van der Waals surface area contributed by atoms with Gasteiger partial charge in [0.05, 0.1) is 12.1 Å². The highest BCUT2D eigenvalue weighted by atomic mass is 19.1. The maximum Gasteiger partial charge on any atom is 0.221 e. The zero-order valence-electron chi connectivity index (χ0n) is 11.6. The number of halogens is 1. The highest BCUT2D eigenvalue weighted by molar-refractivity contribution is 5.77. The Kier molecular flexibility index (Phi) is 4.10. The van der Waals surface area contributed by atoms with Gasteiger partial charge < -0.3 is 10.6 Å². The van der Waals surface area contributed by atoms with Gasteiger partial charge in [0.25, 0.3) is 0 Å². The number of rotatable bonds is 5. The number of aromatic nitrogens is 3. The van der Waals surface area contributed by atoms with E-state index in [1.54, 1.807) is 4.68 Å². The molecule has 0 spiro atoms. The first-order valence-electron chi connectivity index (χ1n) is 7.15. The molecule has 21 heavy (non-hydrogen) atoms. The molecule has 7 heteroatoms. The zero-order valence-corrected chi connectivity index (χ0v) is 11.6. The molecular formula is C14H18FN5O. The van der Waals surface area contributed by atoms with Crippen molar-refractivity contribution in [2.45, 2.75) is 31.6 Å². The first-order chi connectivity index (χ1) is 10.2. The molecule has 1 aromatic carbocycles. The molecule has 1 aliphatic rings. The highest BCUT2D eigenvalue weighted by Gasteiger charge is 2.23. The molecule has 1 fully saturated rings. The van der Waals surface area contributed by atoms with Gasteiger partial charge in [0, 0.05) is 25.6 Å². The molecule has 0 aliphatic carbocycles. The first kappa shape index (κ1) is 13.9. The summed E-state index contributed by atoms with van der Waals surface area (Å²) in [5, 5.41) is 13.9. The van der Waals surface area contributed by atoms with E-state index in [4.69, 9.17) is 0 Å². The van der Waals surface area contributed by atoms with Crippen molar-refractivity contribution in [3.8, 4) is 0 Å². The number of amides is 1. The molecule has 2 heterocycles. The first-order valence-corrected chi connectivity index (χ1v) is 7.15. The molecule has 2 N–H and O–H groups in total. The average molecular weight is 291 g/mol. The second-order valence-electron chi connectivity index (χ2n) is 5.29. The number of hydrogen-bond donors (Lipinski definition) is 2. The van der Waals surface area contributed by atoms with Gasteiger partial charge in [-0.25, -0.2) is 9.07 Å². The summed E-state index contributed by atoms with van der Waals surface area (Å²) in [7, 11) is 0. The molecule has 3 rings (SSSR count). The smallest absolute Gasteiger partial charge is 0.221 e. The summed E-state index contributed by atoms with van der Waals surface area (Å²) in [4.78, 5) is 11.8. The Balaban J connectivity index is 1.47. The number of hydrogen-bond acceptors (Lipinski definition) is 4. The van der Waals surface area contributed by atoms with E-state index in [0.717, 1.165) is 11.0 Å². The summed E-state index contributed by atoms with van der Waals surface area (Å²) in [6, 6.07) is 7.67. The third kappa shape index (κ3) is 3.36. The van der Waals surface area contributed by atoms with Crippen molar-refractivity contribution in [2.75, 3.05) is 13.1 Å². The van der Waals surface area contributed by atoms with E-state index in [1.807, 2.05) is 24.3 Å². The van der Waals surface area contributed by atoms with Gasteiger partial charge >= 0.3 is 0 Å². The summed E-state index contributed by atoms with van der Waals surface area (Å²) in [6.45, 7) is 1.33. The van der Waals surface area contributed by atoms with Crippen LogP contribution in [0.3, 0.4) is 0 Å². The van der Waals surface area contributed by atoms with Crippen LogP contribution in [0, 0.1) is 0 Å². The Bertz CT molecular complexity index is 629. The molecule has 2 aromatic rings. The topological polar surface area (TPSA) is 71.8 Å². The fourth-order valence-electron chi connectivity index (χ4n) is 2.54. The molecule has 1 aromatic heterocycles. The van der Waals surface area contributed by atoms with Gasteiger partial charge in [-0.1, -0.05) is 17.3 Å². The van der Waals surface area contributed by atoms with Gasteiger partial charge in [0.2, 0.25) is 5.91 Å². The number of fused-ring (bicyclic) bond motifs is 1. The molecule has 0 unspecified atom stereocenters. The maximum atomic E-state index is 13.0. The van der Waals surface area contributed by atoms with Crippen molar-refractivity contribution < 1.29 is 9.18 Å². The Morgan fingerprint density at radius 3 is 3.14 bits per heavy atom. The second kappa shape index (κ2) is 6.17. The van der Waals surface area contributed by atoms with Crippen LogP contribution in [0.2, 0.25) is 0 Å². The fourth-order valence-corrected chi connectivity index (χ4v) is 2.54. The van der Waals surface area contributed by atoms with E-state index < -0.39 is 6.17 Å². The van der Waals surface area contributed by atoms with Gasteiger partial charge in [0.15, 0.2) is 0 Å². The van der Waals surface area contributed by atoms with Crippen LogP contribution in [0.5, 0.6) is 0 Å². The molecule has 2 atom stereocenters. The number of aryl methyl sites for hydroxylation is 1. The minimum Gasteiger partial charge on any atom is -0.354 e. The summed E-state index contributed by atoms with van der Waals surface area (Å²) >= 11 is 0. The molecule has 6 nitrogen and oxygen atoms in total. The van der Waals surface area contributed by atoms with Gasteiger partial charge in [-0.05, 0) is 18.6 Å². The van der Waals surface area contributed by atoms with Gasteiger partial charge in [-0.15, -0.1) is 5.10 Å². The Hall–Kier alpha value is -2.02. The van der Waals surface area contributed by atoms with Crippen molar-refractivity contribution in [1.82, 2.24) is 25.6 Å². The van der Waals surface area contributed by atoms with Gasteiger partial charge in [0.1, 0.15) is 11.7 Å². The lowest BCUT2D eigenvalue weighted by Crippen LogP contribution is -2.37. The highest BCUT2D eigenvalue weighted by Crippen LogP contribution is 2.10. The monoisotopic (exact) mass is 291 g/mol. The van der Waals surface area contributed by atoms with Crippen molar-refractivity contribution in [3.63, 3.8) is 0 Å². The molecule has 1 saturated heterocycles. The normalized spacial score (nSPS) is 21.8. The SMILES string of the molecule is O=C(CCn1nnc2ccccc21)NC[C@@H]1C[C@H](F)CN1. The van der Waals surface area contributed by atoms with Crippen LogP contribution in [-0.4, -0.2) is 46.2 Å². The van der Waals surface area contributed by atoms with Crippen LogP contribution < -0.4 is 10.6 Å². The van der Waals surface area contributed by atoms with Crippen LogP contribution in [0.25, 0.3) is 11.0 Å². The van der Waals surface area contributed by atoms with E-state index in [0.29, 0.717) is 32.5 Å². The number of benzene rings is 1. The zero-order chi connectivity index (χ0) is 14.7. The molecule has 1 amide bonds. The Morgan fingerprint density at radius 2 is 2.33 bits per heavy atom. The van der Waals surface area contributed by atoms with Crippen LogP contribution in [0.1, 0.15) is 12.8 Å². The predicted octanol–water partition coefficient (Wildman–Crippen LogP) is 0.638. The molecular weight excluding hydrogens is 273 g/mol. The number of para-hydroxylation sites is 1. The van der Waals surface area contributed by atoms with Crippen molar-refractivity contribution >= 4 is 16.9 Å². The lowest BCUT2D eigenvalue weighted by atomic mass is 10.2. The number of nitrogens with zero attached hydrogens (tertiary/aromatic N) is 3. The second-order valence-corrected chi connectivity index (χ2v) is 5.29. The van der Waals surface area contributed by atoms with Crippen molar-refractivity contribution in [2.24, 2.45) is 0 Å². The minimum atomic E-state index is -0.798. The van der Waals surface area contributed by atoms with E-state index in [9.17, 15) is 9.18 Å². The predicted molar refractivity (Wildman–Crippen MR) is 76.5 cm³/mol. The third-order valence-electron chi connectivity index (χ3n) is 3.68. The number of carbonyl (C=O) groups is 1. The summed E-state index contributed by atoms with van der Waals surface area (Å²) in [6.07, 6.45) is 0.000968. The molecule has 112 valence electrons. The lowest BCUT2D eigenvalue weighted by Gasteiger charge is -2.11. The minimum absolute atomic E-state index is 0.0381. The van der Waals surface area contributed by atoms with E-state index in [2.05, 4.69) is 20.9 Å². The summed E-state index contributed by atoms with van der Waals surface area (Å²) < 4.78 is 14.7. The van der Waals surface area contributed by atoms with Crippen molar-refractivity contribution in [1.29, 1.82) is 0 Å². The van der Waals surface area contributed by atoms with Gasteiger partial charge in [-0.3, -0.25) is 4.79 Å². The van der Waals surface area contributed by atoms with Crippen LogP contribution in [-0.2, 0) is 11.3 Å². The maximum absolute atomic E-state index is 13.0. The molecule has 1 aliphatic heterocycles. The largest absolute Gasteiger partial charge is 0.354 e. The van der Waals surface area contributed by atoms with E-state index >= 15 is 0 Å². The Morgan fingerprint density at radius 1 is 1.48 bits per heavy atom. The summed E-state index contributed by atoms with van der Waals surface area (Å²) in [5.41, 5.74) is 1.74. The molecule has 0 bridgehead atoms. The average Bonchev–Trinajstić information content (AvgIpc) is 3.09. The van der Waals surface area contributed by atoms with Crippen LogP contribution >= 0.6 is 0 Å². The number of carbonyl (C=O) groups excluding carboxylic acids is 1. The molecule has 0 radical (unpaired) electrons. The van der Waals surface area contributed by atoms with E-state index in [1.165, 1.54) is 0 Å². The van der Waals surface area contributed by atoms with E-state index in [-0.39, 0.29) is 11.9 Å². The van der Waals surface area contributed by atoms with Crippen molar-refractivity contribution in [3.05, 3.63) is 24.3 Å². The fraction of sp³-hybridized carbons (Fsp3) is 0.500. The number of alkyl halides is 1. The van der Waals surface area contributed by atoms with Crippen LogP contribution in [0.4, 0.5) is 4.39 Å². The third-order valence-corrected chi connectivity index (χ3v) is 3.68. The lowest BCUT2D eigenvalue weighted by molar-refractivity contribution is -0.121. The summed E-state index contributed by atoms with van der Waals surface area (Å²) in [5.74, 6) is -0.0568. The number of nitrogens with one attached hydrogen (secondary N) is 2. The van der Waals surface area contributed by atoms with Gasteiger partial charge in [-0.2, -0.15) is 0 Å². The molecule has 0 saturated carbocycles.